The molecule has 1 N–H and O–H groups in total. The summed E-state index contributed by atoms with van der Waals surface area (Å²) in [5.74, 6) is 0.805. The Kier molecular flexibility index (Phi) is 7.91. The second-order valence-electron chi connectivity index (χ2n) is 12.7. The number of aromatic nitrogens is 4. The highest BCUT2D eigenvalue weighted by molar-refractivity contribution is 5.97. The largest absolute Gasteiger partial charge is 0.507 e. The van der Waals surface area contributed by atoms with Gasteiger partial charge in [0.1, 0.15) is 17.1 Å². The number of hydrogen-bond acceptors (Lipinski definition) is 4. The summed E-state index contributed by atoms with van der Waals surface area (Å²) in [6.45, 7) is 0. The molecular weight excluding hydrogens is 637 g/mol. The van der Waals surface area contributed by atoms with Crippen molar-refractivity contribution in [3.8, 4) is 78.6 Å². The van der Waals surface area contributed by atoms with E-state index in [9.17, 15) is 5.11 Å². The molecule has 0 radical (unpaired) electrons. The number of pyridine rings is 2. The lowest BCUT2D eigenvalue weighted by Gasteiger charge is -2.12. The third kappa shape index (κ3) is 5.80. The average Bonchev–Trinajstić information content (AvgIpc) is 3.62. The predicted molar refractivity (Wildman–Crippen MR) is 211 cm³/mol. The Morgan fingerprint density at radius 2 is 1.02 bits per heavy atom. The molecule has 0 atom stereocenters. The maximum atomic E-state index is 11.0. The number of rotatable bonds is 7. The zero-order chi connectivity index (χ0) is 34.9. The SMILES string of the molecule is Oc1ccccc1-c1nc2c(-c3cc(-c4ccccc4)cc(-c4cc(-c5ccc(-c6ccccc6)cc5)ccn4)c3)cncc2n1-c1ccccc1. The van der Waals surface area contributed by atoms with Gasteiger partial charge in [0.15, 0.2) is 0 Å². The van der Waals surface area contributed by atoms with Crippen LogP contribution < -0.4 is 0 Å². The zero-order valence-corrected chi connectivity index (χ0v) is 28.1. The van der Waals surface area contributed by atoms with Crippen molar-refractivity contribution >= 4 is 11.0 Å². The van der Waals surface area contributed by atoms with Crippen LogP contribution in [0.15, 0.2) is 188 Å². The van der Waals surface area contributed by atoms with Gasteiger partial charge in [-0.05, 0) is 93.5 Å². The maximum absolute atomic E-state index is 11.0. The second kappa shape index (κ2) is 13.3. The van der Waals surface area contributed by atoms with Crippen LogP contribution in [-0.2, 0) is 0 Å². The molecule has 0 aliphatic carbocycles. The molecule has 0 spiro atoms. The molecule has 52 heavy (non-hydrogen) atoms. The molecule has 0 bridgehead atoms. The van der Waals surface area contributed by atoms with E-state index >= 15 is 0 Å². The minimum Gasteiger partial charge on any atom is -0.507 e. The third-order valence-corrected chi connectivity index (χ3v) is 9.46. The highest BCUT2D eigenvalue weighted by Gasteiger charge is 2.21. The predicted octanol–water partition coefficient (Wildman–Crippen LogP) is 11.5. The molecule has 0 aliphatic heterocycles. The zero-order valence-electron chi connectivity index (χ0n) is 28.1. The van der Waals surface area contributed by atoms with Crippen molar-refractivity contribution in [3.63, 3.8) is 0 Å². The molecule has 0 saturated heterocycles. The Balaban J connectivity index is 1.21. The summed E-state index contributed by atoms with van der Waals surface area (Å²) < 4.78 is 2.07. The molecular formula is C47H32N4O. The van der Waals surface area contributed by atoms with Crippen LogP contribution in [0.1, 0.15) is 0 Å². The topological polar surface area (TPSA) is 63.8 Å². The molecule has 5 heteroatoms. The van der Waals surface area contributed by atoms with Gasteiger partial charge in [0.05, 0.1) is 23.0 Å². The molecule has 246 valence electrons. The molecule has 0 saturated carbocycles. The van der Waals surface area contributed by atoms with E-state index in [1.54, 1.807) is 6.07 Å². The highest BCUT2D eigenvalue weighted by atomic mass is 16.3. The van der Waals surface area contributed by atoms with Crippen molar-refractivity contribution in [2.45, 2.75) is 0 Å². The highest BCUT2D eigenvalue weighted by Crippen LogP contribution is 2.39. The van der Waals surface area contributed by atoms with Crippen LogP contribution in [0.5, 0.6) is 5.75 Å². The fraction of sp³-hybridized carbons (Fsp3) is 0. The Bertz CT molecular complexity index is 2670. The lowest BCUT2D eigenvalue weighted by Crippen LogP contribution is -1.97. The van der Waals surface area contributed by atoms with Gasteiger partial charge in [-0.1, -0.05) is 115 Å². The molecule has 5 nitrogen and oxygen atoms in total. The molecule has 3 heterocycles. The van der Waals surface area contributed by atoms with E-state index < -0.39 is 0 Å². The molecule has 0 fully saturated rings. The van der Waals surface area contributed by atoms with E-state index in [-0.39, 0.29) is 5.75 Å². The molecule has 0 unspecified atom stereocenters. The van der Waals surface area contributed by atoms with Crippen LogP contribution in [0.4, 0.5) is 0 Å². The quantitative estimate of drug-likeness (QED) is 0.184. The summed E-state index contributed by atoms with van der Waals surface area (Å²) in [7, 11) is 0. The summed E-state index contributed by atoms with van der Waals surface area (Å²) in [5, 5.41) is 11.0. The summed E-state index contributed by atoms with van der Waals surface area (Å²) in [6.07, 6.45) is 5.61. The van der Waals surface area contributed by atoms with Crippen molar-refractivity contribution < 1.29 is 5.11 Å². The monoisotopic (exact) mass is 668 g/mol. The van der Waals surface area contributed by atoms with Gasteiger partial charge in [0.25, 0.3) is 0 Å². The van der Waals surface area contributed by atoms with Gasteiger partial charge in [-0.15, -0.1) is 0 Å². The standard InChI is InChI=1S/C47H32N4O/c52-45-19-11-10-18-41(45)47-50-46-42(30-48-31-44(46)51(47)40-16-8-3-9-17-40)38-26-37(33-14-6-2-7-15-33)27-39(28-38)43-29-36(24-25-49-43)35-22-20-34(21-23-35)32-12-4-1-5-13-32/h1-31,52H. The normalized spacial score (nSPS) is 11.2. The van der Waals surface area contributed by atoms with Gasteiger partial charge < -0.3 is 5.11 Å². The number of phenolic OH excluding ortho intramolecular Hbond substituents is 1. The van der Waals surface area contributed by atoms with Crippen molar-refractivity contribution in [2.75, 3.05) is 0 Å². The number of nitrogens with zero attached hydrogens (tertiary/aromatic N) is 4. The van der Waals surface area contributed by atoms with Crippen LogP contribution in [0, 0.1) is 0 Å². The summed E-state index contributed by atoms with van der Waals surface area (Å²) in [5.41, 5.74) is 13.7. The number of aromatic hydroxyl groups is 1. The second-order valence-corrected chi connectivity index (χ2v) is 12.7. The van der Waals surface area contributed by atoms with Crippen LogP contribution in [0.3, 0.4) is 0 Å². The van der Waals surface area contributed by atoms with Crippen LogP contribution in [0.2, 0.25) is 0 Å². The molecule has 6 aromatic carbocycles. The first-order valence-corrected chi connectivity index (χ1v) is 17.2. The van der Waals surface area contributed by atoms with E-state index in [4.69, 9.17) is 15.0 Å². The van der Waals surface area contributed by atoms with Crippen molar-refractivity contribution in [1.82, 2.24) is 19.5 Å². The maximum Gasteiger partial charge on any atom is 0.149 e. The van der Waals surface area contributed by atoms with Crippen LogP contribution in [0.25, 0.3) is 83.9 Å². The minimum absolute atomic E-state index is 0.165. The fourth-order valence-corrected chi connectivity index (χ4v) is 6.87. The van der Waals surface area contributed by atoms with E-state index in [0.717, 1.165) is 61.4 Å². The lowest BCUT2D eigenvalue weighted by molar-refractivity contribution is 0.477. The number of para-hydroxylation sites is 2. The number of benzene rings is 6. The number of phenols is 1. The van der Waals surface area contributed by atoms with Gasteiger partial charge in [-0.25, -0.2) is 4.98 Å². The number of imidazole rings is 1. The molecule has 0 aliphatic rings. The fourth-order valence-electron chi connectivity index (χ4n) is 6.87. The van der Waals surface area contributed by atoms with Gasteiger partial charge >= 0.3 is 0 Å². The number of fused-ring (bicyclic) bond motifs is 1. The van der Waals surface area contributed by atoms with Crippen molar-refractivity contribution in [2.24, 2.45) is 0 Å². The summed E-state index contributed by atoms with van der Waals surface area (Å²) >= 11 is 0. The van der Waals surface area contributed by atoms with E-state index in [0.29, 0.717) is 11.4 Å². The third-order valence-electron chi connectivity index (χ3n) is 9.46. The van der Waals surface area contributed by atoms with Crippen LogP contribution >= 0.6 is 0 Å². The van der Waals surface area contributed by atoms with Crippen LogP contribution in [-0.4, -0.2) is 24.6 Å². The van der Waals surface area contributed by atoms with Gasteiger partial charge in [-0.2, -0.15) is 0 Å². The Hall–Kier alpha value is -7.11. The number of hydrogen-bond donors (Lipinski definition) is 1. The van der Waals surface area contributed by atoms with E-state index in [1.807, 2.05) is 79.3 Å². The smallest absolute Gasteiger partial charge is 0.149 e. The first-order valence-electron chi connectivity index (χ1n) is 17.2. The van der Waals surface area contributed by atoms with Crippen molar-refractivity contribution in [3.05, 3.63) is 188 Å². The molecule has 0 amide bonds. The minimum atomic E-state index is 0.165. The Morgan fingerprint density at radius 1 is 0.442 bits per heavy atom. The molecule has 9 aromatic rings. The average molecular weight is 669 g/mol. The first-order chi connectivity index (χ1) is 25.7. The van der Waals surface area contributed by atoms with E-state index in [2.05, 4.69) is 108 Å². The Labute approximate surface area is 301 Å². The van der Waals surface area contributed by atoms with Crippen molar-refractivity contribution in [1.29, 1.82) is 0 Å². The molecule has 9 rings (SSSR count). The van der Waals surface area contributed by atoms with Gasteiger partial charge in [0.2, 0.25) is 0 Å². The van der Waals surface area contributed by atoms with E-state index in [1.165, 1.54) is 11.1 Å². The first kappa shape index (κ1) is 30.9. The lowest BCUT2D eigenvalue weighted by atomic mass is 9.94. The summed E-state index contributed by atoms with van der Waals surface area (Å²) in [6, 6.07) is 57.7. The van der Waals surface area contributed by atoms with Gasteiger partial charge in [-0.3, -0.25) is 14.5 Å². The summed E-state index contributed by atoms with van der Waals surface area (Å²) in [4.78, 5) is 14.9. The Morgan fingerprint density at radius 3 is 1.73 bits per heavy atom. The molecule has 3 aromatic heterocycles. The van der Waals surface area contributed by atoms with Gasteiger partial charge in [0, 0.05) is 29.2 Å².